The highest BCUT2D eigenvalue weighted by Crippen LogP contribution is 2.35. The lowest BCUT2D eigenvalue weighted by molar-refractivity contribution is 0.636. The zero-order valence-corrected chi connectivity index (χ0v) is 11.5. The first-order valence-corrected chi connectivity index (χ1v) is 7.92. The van der Waals surface area contributed by atoms with Gasteiger partial charge in [-0.3, -0.25) is 0 Å². The monoisotopic (exact) mass is 260 g/mol. The highest BCUT2D eigenvalue weighted by Gasteiger charge is 2.16. The Labute approximate surface area is 110 Å². The molecule has 2 aromatic rings. The Kier molecular flexibility index (Phi) is 4.90. The predicted octanol–water partition coefficient (Wildman–Crippen LogP) is 4.06. The molecule has 0 aliphatic rings. The van der Waals surface area contributed by atoms with Crippen LogP contribution in [0.5, 0.6) is 0 Å². The molecule has 94 valence electrons. The molecule has 0 saturated carbocycles. The van der Waals surface area contributed by atoms with Crippen LogP contribution in [0.2, 0.25) is 0 Å². The van der Waals surface area contributed by atoms with Crippen LogP contribution in [0.1, 0.15) is 19.8 Å². The van der Waals surface area contributed by atoms with Crippen molar-refractivity contribution in [1.29, 1.82) is 0 Å². The van der Waals surface area contributed by atoms with E-state index >= 15 is 0 Å². The Bertz CT molecular complexity index is 481. The maximum Gasteiger partial charge on any atom is 0.131 e. The van der Waals surface area contributed by atoms with Crippen LogP contribution in [-0.4, -0.2) is 6.16 Å². The van der Waals surface area contributed by atoms with E-state index in [0.717, 1.165) is 24.3 Å². The van der Waals surface area contributed by atoms with Gasteiger partial charge in [0.25, 0.3) is 0 Å². The lowest BCUT2D eigenvalue weighted by Crippen LogP contribution is -2.16. The number of rotatable bonds is 5. The molecule has 0 aliphatic carbocycles. The zero-order valence-electron chi connectivity index (χ0n) is 10.6. The van der Waals surface area contributed by atoms with Crippen molar-refractivity contribution in [2.24, 2.45) is 0 Å². The van der Waals surface area contributed by atoms with Crippen LogP contribution in [0, 0.1) is 5.82 Å². The topological polar surface area (TPSA) is 0 Å². The minimum Gasteiger partial charge on any atom is -0.206 e. The van der Waals surface area contributed by atoms with Gasteiger partial charge < -0.3 is 0 Å². The SMILES string of the molecule is CCCCP(c1ccccc1)c1ccccc1F. The number of benzene rings is 2. The molecule has 0 spiro atoms. The summed E-state index contributed by atoms with van der Waals surface area (Å²) in [5, 5.41) is 2.15. The number of halogens is 1. The molecule has 18 heavy (non-hydrogen) atoms. The molecule has 2 heteroatoms. The van der Waals surface area contributed by atoms with Crippen LogP contribution in [0.25, 0.3) is 0 Å². The van der Waals surface area contributed by atoms with Gasteiger partial charge in [0.2, 0.25) is 0 Å². The predicted molar refractivity (Wildman–Crippen MR) is 78.8 cm³/mol. The number of unbranched alkanes of at least 4 members (excludes halogenated alkanes) is 1. The number of hydrogen-bond acceptors (Lipinski definition) is 0. The molecule has 0 nitrogen and oxygen atoms in total. The summed E-state index contributed by atoms with van der Waals surface area (Å²) in [7, 11) is -0.553. The molecule has 2 rings (SSSR count). The van der Waals surface area contributed by atoms with E-state index in [0.29, 0.717) is 0 Å². The molecule has 1 unspecified atom stereocenters. The van der Waals surface area contributed by atoms with Crippen molar-refractivity contribution in [3.05, 3.63) is 60.4 Å². The van der Waals surface area contributed by atoms with Gasteiger partial charge in [0.1, 0.15) is 5.82 Å². The summed E-state index contributed by atoms with van der Waals surface area (Å²) in [6, 6.07) is 17.5. The summed E-state index contributed by atoms with van der Waals surface area (Å²) in [5.41, 5.74) is 0. The molecule has 0 heterocycles. The maximum absolute atomic E-state index is 14.0. The van der Waals surface area contributed by atoms with Crippen LogP contribution in [0.3, 0.4) is 0 Å². The normalized spacial score (nSPS) is 12.3. The first-order chi connectivity index (χ1) is 8.83. The largest absolute Gasteiger partial charge is 0.206 e. The minimum atomic E-state index is -0.553. The second-order valence-electron chi connectivity index (χ2n) is 4.29. The van der Waals surface area contributed by atoms with E-state index in [4.69, 9.17) is 0 Å². The van der Waals surface area contributed by atoms with Crippen LogP contribution in [-0.2, 0) is 0 Å². The summed E-state index contributed by atoms with van der Waals surface area (Å²) in [5.74, 6) is -0.0661. The third-order valence-corrected chi connectivity index (χ3v) is 5.58. The Morgan fingerprint density at radius 2 is 1.61 bits per heavy atom. The van der Waals surface area contributed by atoms with E-state index in [2.05, 4.69) is 19.1 Å². The van der Waals surface area contributed by atoms with E-state index in [9.17, 15) is 4.39 Å². The van der Waals surface area contributed by atoms with Gasteiger partial charge in [-0.1, -0.05) is 61.9 Å². The van der Waals surface area contributed by atoms with Gasteiger partial charge in [-0.25, -0.2) is 4.39 Å². The van der Waals surface area contributed by atoms with Gasteiger partial charge >= 0.3 is 0 Å². The first kappa shape index (κ1) is 13.2. The van der Waals surface area contributed by atoms with E-state index in [1.165, 1.54) is 5.30 Å². The van der Waals surface area contributed by atoms with Gasteiger partial charge in [-0.05, 0) is 31.9 Å². The van der Waals surface area contributed by atoms with Crippen LogP contribution >= 0.6 is 7.92 Å². The molecular formula is C16H18FP. The van der Waals surface area contributed by atoms with E-state index in [-0.39, 0.29) is 5.82 Å². The van der Waals surface area contributed by atoms with E-state index in [1.54, 1.807) is 12.1 Å². The quantitative estimate of drug-likeness (QED) is 0.711. The molecule has 0 fully saturated rings. The summed E-state index contributed by atoms with van der Waals surface area (Å²) in [6.07, 6.45) is 3.37. The van der Waals surface area contributed by atoms with E-state index in [1.807, 2.05) is 30.3 Å². The van der Waals surface area contributed by atoms with Crippen molar-refractivity contribution >= 4 is 18.5 Å². The first-order valence-electron chi connectivity index (χ1n) is 6.40. The molecule has 0 amide bonds. The van der Waals surface area contributed by atoms with Gasteiger partial charge in [-0.15, -0.1) is 0 Å². The third-order valence-electron chi connectivity index (χ3n) is 2.95. The summed E-state index contributed by atoms with van der Waals surface area (Å²) < 4.78 is 14.0. The Hall–Kier alpha value is -1.20. The van der Waals surface area contributed by atoms with Gasteiger partial charge in [0, 0.05) is 5.30 Å². The highest BCUT2D eigenvalue weighted by molar-refractivity contribution is 7.73. The molecule has 0 aliphatic heterocycles. The van der Waals surface area contributed by atoms with Crippen molar-refractivity contribution < 1.29 is 4.39 Å². The lowest BCUT2D eigenvalue weighted by atomic mass is 10.3. The van der Waals surface area contributed by atoms with Crippen LogP contribution in [0.15, 0.2) is 54.6 Å². The van der Waals surface area contributed by atoms with Crippen molar-refractivity contribution in [2.45, 2.75) is 19.8 Å². The van der Waals surface area contributed by atoms with Crippen LogP contribution < -0.4 is 10.6 Å². The standard InChI is InChI=1S/C16H18FP/c1-2-3-13-18(14-9-5-4-6-10-14)16-12-8-7-11-15(16)17/h4-12H,2-3,13H2,1H3. The average molecular weight is 260 g/mol. The average Bonchev–Trinajstić information content (AvgIpc) is 2.42. The summed E-state index contributed by atoms with van der Waals surface area (Å²) in [6.45, 7) is 2.18. The van der Waals surface area contributed by atoms with Crippen molar-refractivity contribution in [3.8, 4) is 0 Å². The lowest BCUT2D eigenvalue weighted by Gasteiger charge is -2.18. The zero-order chi connectivity index (χ0) is 12.8. The second-order valence-corrected chi connectivity index (χ2v) is 6.59. The Morgan fingerprint density at radius 1 is 0.944 bits per heavy atom. The maximum atomic E-state index is 14.0. The Morgan fingerprint density at radius 3 is 2.28 bits per heavy atom. The van der Waals surface area contributed by atoms with Gasteiger partial charge in [-0.2, -0.15) is 0 Å². The molecule has 0 saturated heterocycles. The third kappa shape index (κ3) is 3.17. The number of hydrogen-bond donors (Lipinski definition) is 0. The summed E-state index contributed by atoms with van der Waals surface area (Å²) in [4.78, 5) is 0. The highest BCUT2D eigenvalue weighted by atomic mass is 31.1. The fourth-order valence-electron chi connectivity index (χ4n) is 1.98. The van der Waals surface area contributed by atoms with Gasteiger partial charge in [0.05, 0.1) is 0 Å². The molecule has 0 bridgehead atoms. The second kappa shape index (κ2) is 6.66. The molecule has 0 radical (unpaired) electrons. The fourth-order valence-corrected chi connectivity index (χ4v) is 4.52. The molecule has 0 N–H and O–H groups in total. The smallest absolute Gasteiger partial charge is 0.131 e. The summed E-state index contributed by atoms with van der Waals surface area (Å²) >= 11 is 0. The van der Waals surface area contributed by atoms with Crippen molar-refractivity contribution in [3.63, 3.8) is 0 Å². The molecule has 0 aromatic heterocycles. The molecular weight excluding hydrogens is 242 g/mol. The minimum absolute atomic E-state index is 0.0661. The molecule has 1 atom stereocenters. The van der Waals surface area contributed by atoms with Crippen molar-refractivity contribution in [2.75, 3.05) is 6.16 Å². The van der Waals surface area contributed by atoms with Crippen LogP contribution in [0.4, 0.5) is 4.39 Å². The van der Waals surface area contributed by atoms with Gasteiger partial charge in [0.15, 0.2) is 0 Å². The fraction of sp³-hybridized carbons (Fsp3) is 0.250. The Balaban J connectivity index is 2.34. The van der Waals surface area contributed by atoms with Crippen molar-refractivity contribution in [1.82, 2.24) is 0 Å². The van der Waals surface area contributed by atoms with E-state index < -0.39 is 7.92 Å². The molecule has 2 aromatic carbocycles.